The van der Waals surface area contributed by atoms with Crippen LogP contribution < -0.4 is 4.74 Å². The first-order valence-corrected chi connectivity index (χ1v) is 11.1. The Morgan fingerprint density at radius 1 is 1.23 bits per heavy atom. The molecule has 0 aromatic carbocycles. The molecule has 3 rings (SSSR count). The average molecular weight is 436 g/mol. The van der Waals surface area contributed by atoms with Gasteiger partial charge in [-0.1, -0.05) is 13.8 Å². The molecule has 1 aromatic rings. The number of likely N-dealkylation sites (tertiary alicyclic amines) is 2. The van der Waals surface area contributed by atoms with E-state index in [2.05, 4.69) is 30.8 Å². The number of carbonyl (C=O) groups is 1. The van der Waals surface area contributed by atoms with Crippen LogP contribution >= 0.6 is 0 Å². The molecule has 2 aliphatic rings. The number of amides is 1. The summed E-state index contributed by atoms with van der Waals surface area (Å²) in [4.78, 5) is 21.8. The summed E-state index contributed by atoms with van der Waals surface area (Å²) in [6, 6.07) is 3.72. The molecule has 0 saturated carbocycles. The SMILES string of the molecule is COCO[C@@]1(Cc2cc(OC3CCN(C)CC3)ccn2)C(=O)N(COC)[C@H]1CC(C)C. The fraction of sp³-hybridized carbons (Fsp3) is 0.739. The van der Waals surface area contributed by atoms with Crippen molar-refractivity contribution in [3.8, 4) is 5.75 Å². The second-order valence-electron chi connectivity index (χ2n) is 9.06. The number of carbonyl (C=O) groups excluding carboxylic acids is 1. The zero-order chi connectivity index (χ0) is 22.4. The van der Waals surface area contributed by atoms with Gasteiger partial charge in [-0.2, -0.15) is 0 Å². The van der Waals surface area contributed by atoms with Crippen molar-refractivity contribution < 1.29 is 23.7 Å². The number of rotatable bonds is 11. The first-order chi connectivity index (χ1) is 14.9. The van der Waals surface area contributed by atoms with E-state index in [0.29, 0.717) is 12.3 Å². The van der Waals surface area contributed by atoms with Crippen LogP contribution in [0.5, 0.6) is 5.75 Å². The van der Waals surface area contributed by atoms with Crippen LogP contribution in [0.1, 0.15) is 38.8 Å². The minimum absolute atomic E-state index is 0.0486. The van der Waals surface area contributed by atoms with Crippen molar-refractivity contribution in [3.63, 3.8) is 0 Å². The average Bonchev–Trinajstić information content (AvgIpc) is 2.75. The Bertz CT molecular complexity index is 723. The maximum absolute atomic E-state index is 13.2. The van der Waals surface area contributed by atoms with Crippen LogP contribution in [0.2, 0.25) is 0 Å². The maximum atomic E-state index is 13.2. The summed E-state index contributed by atoms with van der Waals surface area (Å²) in [6.45, 7) is 6.66. The fourth-order valence-electron chi connectivity index (χ4n) is 4.52. The summed E-state index contributed by atoms with van der Waals surface area (Å²) in [5, 5.41) is 0. The van der Waals surface area contributed by atoms with E-state index in [4.69, 9.17) is 18.9 Å². The van der Waals surface area contributed by atoms with E-state index in [9.17, 15) is 4.79 Å². The molecule has 8 nitrogen and oxygen atoms in total. The second-order valence-corrected chi connectivity index (χ2v) is 9.06. The molecule has 1 amide bonds. The lowest BCUT2D eigenvalue weighted by molar-refractivity contribution is -0.235. The first kappa shape index (κ1) is 23.9. The van der Waals surface area contributed by atoms with Crippen LogP contribution in [0.15, 0.2) is 18.3 Å². The highest BCUT2D eigenvalue weighted by molar-refractivity contribution is 5.93. The Morgan fingerprint density at radius 3 is 2.61 bits per heavy atom. The minimum atomic E-state index is -1.00. The number of hydrogen-bond donors (Lipinski definition) is 0. The van der Waals surface area contributed by atoms with Crippen molar-refractivity contribution in [2.24, 2.45) is 5.92 Å². The first-order valence-electron chi connectivity index (χ1n) is 11.1. The lowest BCUT2D eigenvalue weighted by atomic mass is 9.75. The predicted octanol–water partition coefficient (Wildman–Crippen LogP) is 2.32. The quantitative estimate of drug-likeness (QED) is 0.390. The number of methoxy groups -OCH3 is 2. The van der Waals surface area contributed by atoms with Gasteiger partial charge in [0.1, 0.15) is 25.4 Å². The van der Waals surface area contributed by atoms with E-state index < -0.39 is 5.60 Å². The van der Waals surface area contributed by atoms with E-state index in [0.717, 1.165) is 43.8 Å². The molecular formula is C23H37N3O5. The van der Waals surface area contributed by atoms with Gasteiger partial charge in [-0.05, 0) is 38.3 Å². The summed E-state index contributed by atoms with van der Waals surface area (Å²) in [5.74, 6) is 1.11. The van der Waals surface area contributed by atoms with Gasteiger partial charge < -0.3 is 28.7 Å². The smallest absolute Gasteiger partial charge is 0.259 e. The highest BCUT2D eigenvalue weighted by Gasteiger charge is 2.62. The number of ether oxygens (including phenoxy) is 4. The third-order valence-corrected chi connectivity index (χ3v) is 6.13. The Hall–Kier alpha value is -1.74. The lowest BCUT2D eigenvalue weighted by Crippen LogP contribution is -2.76. The molecule has 2 atom stereocenters. The lowest BCUT2D eigenvalue weighted by Gasteiger charge is -2.55. The van der Waals surface area contributed by atoms with E-state index in [1.807, 2.05) is 12.1 Å². The molecule has 0 unspecified atom stereocenters. The van der Waals surface area contributed by atoms with Gasteiger partial charge in [0.2, 0.25) is 0 Å². The van der Waals surface area contributed by atoms with Crippen molar-refractivity contribution in [1.29, 1.82) is 0 Å². The number of β-lactam (4-membered cyclic amide) rings is 1. The molecule has 8 heteroatoms. The summed E-state index contributed by atoms with van der Waals surface area (Å²) in [7, 11) is 5.30. The number of piperidine rings is 1. The second kappa shape index (κ2) is 10.7. The third-order valence-electron chi connectivity index (χ3n) is 6.13. The molecule has 174 valence electrons. The molecule has 31 heavy (non-hydrogen) atoms. The number of pyridine rings is 1. The van der Waals surface area contributed by atoms with E-state index in [-0.39, 0.29) is 31.6 Å². The fourth-order valence-corrected chi connectivity index (χ4v) is 4.52. The summed E-state index contributed by atoms with van der Waals surface area (Å²) in [6.07, 6.45) is 5.16. The van der Waals surface area contributed by atoms with Crippen LogP contribution in [-0.2, 0) is 25.4 Å². The van der Waals surface area contributed by atoms with Crippen molar-refractivity contribution in [2.45, 2.75) is 57.3 Å². The van der Waals surface area contributed by atoms with Crippen LogP contribution in [0, 0.1) is 5.92 Å². The molecule has 2 fully saturated rings. The molecule has 3 heterocycles. The predicted molar refractivity (Wildman–Crippen MR) is 117 cm³/mol. The summed E-state index contributed by atoms with van der Waals surface area (Å²) >= 11 is 0. The Kier molecular flexibility index (Phi) is 8.27. The van der Waals surface area contributed by atoms with Crippen LogP contribution in [0.4, 0.5) is 0 Å². The molecular weight excluding hydrogens is 398 g/mol. The molecule has 0 bridgehead atoms. The Morgan fingerprint density at radius 2 is 1.97 bits per heavy atom. The number of hydrogen-bond acceptors (Lipinski definition) is 7. The normalized spacial score (nSPS) is 25.2. The molecule has 1 aromatic heterocycles. The van der Waals surface area contributed by atoms with Gasteiger partial charge >= 0.3 is 0 Å². The van der Waals surface area contributed by atoms with E-state index in [1.165, 1.54) is 0 Å². The largest absolute Gasteiger partial charge is 0.490 e. The van der Waals surface area contributed by atoms with Gasteiger partial charge in [0.05, 0.1) is 6.04 Å². The van der Waals surface area contributed by atoms with Gasteiger partial charge in [-0.25, -0.2) is 0 Å². The molecule has 2 saturated heterocycles. The van der Waals surface area contributed by atoms with Gasteiger partial charge in [0.25, 0.3) is 5.91 Å². The van der Waals surface area contributed by atoms with Crippen molar-refractivity contribution in [2.75, 3.05) is 47.9 Å². The zero-order valence-electron chi connectivity index (χ0n) is 19.5. The monoisotopic (exact) mass is 435 g/mol. The maximum Gasteiger partial charge on any atom is 0.259 e. The molecule has 0 radical (unpaired) electrons. The summed E-state index contributed by atoms with van der Waals surface area (Å²) < 4.78 is 22.7. The van der Waals surface area contributed by atoms with Crippen LogP contribution in [-0.4, -0.2) is 86.3 Å². The highest BCUT2D eigenvalue weighted by Crippen LogP contribution is 2.41. The Balaban J connectivity index is 1.78. The molecule has 2 aliphatic heterocycles. The highest BCUT2D eigenvalue weighted by atomic mass is 16.7. The van der Waals surface area contributed by atoms with Gasteiger partial charge in [0, 0.05) is 51.7 Å². The number of aromatic nitrogens is 1. The third kappa shape index (κ3) is 5.55. The topological polar surface area (TPSA) is 73.4 Å². The standard InChI is InChI=1S/C23H37N3O5/c1-17(2)12-21-23(30-16-29-5,22(27)26(21)15-28-4)14-18-13-20(6-9-24-18)31-19-7-10-25(3)11-8-19/h6,9,13,17,19,21H,7-8,10-12,14-16H2,1-5H3/t21-,23+/m0/s1. The van der Waals surface area contributed by atoms with Crippen LogP contribution in [0.3, 0.4) is 0 Å². The van der Waals surface area contributed by atoms with Crippen LogP contribution in [0.25, 0.3) is 0 Å². The van der Waals surface area contributed by atoms with Crippen molar-refractivity contribution in [3.05, 3.63) is 24.0 Å². The van der Waals surface area contributed by atoms with Crippen molar-refractivity contribution in [1.82, 2.24) is 14.8 Å². The van der Waals surface area contributed by atoms with E-state index in [1.54, 1.807) is 25.3 Å². The van der Waals surface area contributed by atoms with Gasteiger partial charge in [-0.3, -0.25) is 9.78 Å². The molecule has 0 N–H and O–H groups in total. The zero-order valence-corrected chi connectivity index (χ0v) is 19.5. The molecule has 0 spiro atoms. The summed E-state index contributed by atoms with van der Waals surface area (Å²) in [5.41, 5.74) is -0.224. The molecule has 0 aliphatic carbocycles. The minimum Gasteiger partial charge on any atom is -0.490 e. The van der Waals surface area contributed by atoms with E-state index >= 15 is 0 Å². The number of nitrogens with zero attached hydrogens (tertiary/aromatic N) is 3. The Labute approximate surface area is 185 Å². The van der Waals surface area contributed by atoms with Gasteiger partial charge in [0.15, 0.2) is 5.60 Å². The van der Waals surface area contributed by atoms with Crippen molar-refractivity contribution >= 4 is 5.91 Å². The van der Waals surface area contributed by atoms with Gasteiger partial charge in [-0.15, -0.1) is 0 Å².